The van der Waals surface area contributed by atoms with E-state index >= 15 is 0 Å². The highest BCUT2D eigenvalue weighted by Gasteiger charge is 2.14. The van der Waals surface area contributed by atoms with Crippen molar-refractivity contribution in [2.24, 2.45) is 0 Å². The zero-order chi connectivity index (χ0) is 11.0. The predicted molar refractivity (Wildman–Crippen MR) is 50.9 cm³/mol. The van der Waals surface area contributed by atoms with Crippen molar-refractivity contribution in [1.29, 1.82) is 0 Å². The normalized spacial score (nSPS) is 11.9. The molecule has 0 heterocycles. The molecule has 0 bridgehead atoms. The lowest BCUT2D eigenvalue weighted by atomic mass is 10.3. The van der Waals surface area contributed by atoms with Crippen molar-refractivity contribution in [3.05, 3.63) is 0 Å². The van der Waals surface area contributed by atoms with Crippen molar-refractivity contribution in [2.45, 2.75) is 45.8 Å². The smallest absolute Gasteiger partial charge is 0.407 e. The molecule has 5 heteroatoms. The van der Waals surface area contributed by atoms with E-state index in [0.29, 0.717) is 19.3 Å². The Morgan fingerprint density at radius 2 is 2.00 bits per heavy atom. The second kappa shape index (κ2) is 7.17. The van der Waals surface area contributed by atoms with Crippen LogP contribution in [0, 0.1) is 0 Å². The van der Waals surface area contributed by atoms with E-state index in [-0.39, 0.29) is 5.97 Å². The Morgan fingerprint density at radius 3 is 2.43 bits per heavy atom. The molecule has 0 radical (unpaired) electrons. The van der Waals surface area contributed by atoms with Gasteiger partial charge in [-0.25, -0.2) is 4.79 Å². The van der Waals surface area contributed by atoms with Crippen LogP contribution in [0.4, 0.5) is 4.79 Å². The van der Waals surface area contributed by atoms with Crippen molar-refractivity contribution < 1.29 is 19.4 Å². The van der Waals surface area contributed by atoms with Crippen molar-refractivity contribution in [3.63, 3.8) is 0 Å². The first-order valence-corrected chi connectivity index (χ1v) is 4.79. The van der Waals surface area contributed by atoms with E-state index in [0.717, 1.165) is 6.42 Å². The number of hydrogen-bond acceptors (Lipinski definition) is 3. The second-order valence-electron chi connectivity index (χ2n) is 2.97. The summed E-state index contributed by atoms with van der Waals surface area (Å²) in [5, 5.41) is 10.6. The van der Waals surface area contributed by atoms with Crippen LogP contribution in [0.25, 0.3) is 0 Å². The van der Waals surface area contributed by atoms with E-state index in [9.17, 15) is 9.59 Å². The maximum atomic E-state index is 11.1. The van der Waals surface area contributed by atoms with Crippen LogP contribution in [0.3, 0.4) is 0 Å². The number of amides is 1. The number of rotatable bonds is 6. The Bertz CT molecular complexity index is 193. The minimum atomic E-state index is -1.17. The van der Waals surface area contributed by atoms with Gasteiger partial charge in [0.2, 0.25) is 0 Å². The number of ether oxygens (including phenoxy) is 1. The molecule has 0 aliphatic carbocycles. The maximum absolute atomic E-state index is 11.1. The van der Waals surface area contributed by atoms with E-state index < -0.39 is 12.3 Å². The third-order valence-electron chi connectivity index (χ3n) is 1.56. The fourth-order valence-corrected chi connectivity index (χ4v) is 0.982. The summed E-state index contributed by atoms with van der Waals surface area (Å²) < 4.78 is 4.91. The molecular weight excluding hydrogens is 186 g/mol. The lowest BCUT2D eigenvalue weighted by Gasteiger charge is -2.16. The van der Waals surface area contributed by atoms with Crippen LogP contribution in [-0.4, -0.2) is 23.4 Å². The predicted octanol–water partition coefficient (Wildman–Crippen LogP) is 1.72. The van der Waals surface area contributed by atoms with E-state index in [1.54, 1.807) is 0 Å². The standard InChI is InChI=1S/C9H17NO4/c1-3-5-7(10-9(12)13)14-8(11)6-4-2/h7,10H,3-6H2,1-2H3,(H,12,13). The van der Waals surface area contributed by atoms with Crippen molar-refractivity contribution in [1.82, 2.24) is 5.32 Å². The molecule has 2 N–H and O–H groups in total. The summed E-state index contributed by atoms with van der Waals surface area (Å²) in [6, 6.07) is 0. The molecule has 0 aromatic rings. The van der Waals surface area contributed by atoms with Gasteiger partial charge in [-0.1, -0.05) is 20.3 Å². The first-order chi connectivity index (χ1) is 6.60. The Kier molecular flexibility index (Phi) is 6.53. The Morgan fingerprint density at radius 1 is 1.36 bits per heavy atom. The van der Waals surface area contributed by atoms with Gasteiger partial charge in [0, 0.05) is 12.8 Å². The molecule has 0 spiro atoms. The molecule has 0 rings (SSSR count). The topological polar surface area (TPSA) is 75.6 Å². The van der Waals surface area contributed by atoms with Gasteiger partial charge < -0.3 is 9.84 Å². The summed E-state index contributed by atoms with van der Waals surface area (Å²) in [5.41, 5.74) is 0. The van der Waals surface area contributed by atoms with Gasteiger partial charge >= 0.3 is 12.1 Å². The Balaban J connectivity index is 3.94. The third-order valence-corrected chi connectivity index (χ3v) is 1.56. The van der Waals surface area contributed by atoms with Crippen LogP contribution < -0.4 is 5.32 Å². The van der Waals surface area contributed by atoms with Crippen LogP contribution in [0.1, 0.15) is 39.5 Å². The number of carbonyl (C=O) groups excluding carboxylic acids is 1. The first kappa shape index (κ1) is 12.7. The first-order valence-electron chi connectivity index (χ1n) is 4.79. The van der Waals surface area contributed by atoms with Crippen LogP contribution in [0.2, 0.25) is 0 Å². The van der Waals surface area contributed by atoms with E-state index in [1.807, 2.05) is 13.8 Å². The fraction of sp³-hybridized carbons (Fsp3) is 0.778. The third kappa shape index (κ3) is 6.28. The van der Waals surface area contributed by atoms with Crippen molar-refractivity contribution in [3.8, 4) is 0 Å². The van der Waals surface area contributed by atoms with Gasteiger partial charge in [0.1, 0.15) is 0 Å². The second-order valence-corrected chi connectivity index (χ2v) is 2.97. The molecule has 1 unspecified atom stereocenters. The highest BCUT2D eigenvalue weighted by atomic mass is 16.6. The fourth-order valence-electron chi connectivity index (χ4n) is 0.982. The summed E-state index contributed by atoms with van der Waals surface area (Å²) in [4.78, 5) is 21.4. The molecule has 0 aromatic heterocycles. The lowest BCUT2D eigenvalue weighted by molar-refractivity contribution is -0.150. The quantitative estimate of drug-likeness (QED) is 0.509. The minimum absolute atomic E-state index is 0.321. The van der Waals surface area contributed by atoms with Gasteiger partial charge in [-0.05, 0) is 6.42 Å². The average molecular weight is 203 g/mol. The molecule has 5 nitrogen and oxygen atoms in total. The Labute approximate surface area is 83.4 Å². The molecule has 0 saturated carbocycles. The Hall–Kier alpha value is -1.26. The van der Waals surface area contributed by atoms with Crippen LogP contribution in [0.15, 0.2) is 0 Å². The minimum Gasteiger partial charge on any atom is -0.465 e. The number of esters is 1. The largest absolute Gasteiger partial charge is 0.465 e. The highest BCUT2D eigenvalue weighted by molar-refractivity contribution is 5.70. The van der Waals surface area contributed by atoms with Gasteiger partial charge in [-0.3, -0.25) is 10.1 Å². The number of carboxylic acid groups (broad SMARTS) is 1. The molecule has 0 aromatic carbocycles. The zero-order valence-corrected chi connectivity index (χ0v) is 8.58. The monoisotopic (exact) mass is 203 g/mol. The average Bonchev–Trinajstić information content (AvgIpc) is 2.03. The molecular formula is C9H17NO4. The van der Waals surface area contributed by atoms with Crippen LogP contribution in [-0.2, 0) is 9.53 Å². The molecule has 14 heavy (non-hydrogen) atoms. The van der Waals surface area contributed by atoms with Crippen molar-refractivity contribution in [2.75, 3.05) is 0 Å². The van der Waals surface area contributed by atoms with E-state index in [2.05, 4.69) is 5.32 Å². The zero-order valence-electron chi connectivity index (χ0n) is 8.58. The van der Waals surface area contributed by atoms with Gasteiger partial charge in [-0.15, -0.1) is 0 Å². The highest BCUT2D eigenvalue weighted by Crippen LogP contribution is 2.02. The SMILES string of the molecule is CCCC(=O)OC(CCC)NC(=O)O. The van der Waals surface area contributed by atoms with Crippen LogP contribution >= 0.6 is 0 Å². The summed E-state index contributed by atoms with van der Waals surface area (Å²) in [6.07, 6.45) is 0.391. The maximum Gasteiger partial charge on any atom is 0.407 e. The van der Waals surface area contributed by atoms with Gasteiger partial charge in [0.25, 0.3) is 0 Å². The lowest BCUT2D eigenvalue weighted by Crippen LogP contribution is -2.37. The molecule has 0 aliphatic rings. The molecule has 0 fully saturated rings. The van der Waals surface area contributed by atoms with Gasteiger partial charge in [-0.2, -0.15) is 0 Å². The molecule has 0 saturated heterocycles. The number of nitrogens with one attached hydrogen (secondary N) is 1. The van der Waals surface area contributed by atoms with Gasteiger partial charge in [0.05, 0.1) is 0 Å². The summed E-state index contributed by atoms with van der Waals surface area (Å²) in [5.74, 6) is -0.361. The number of carbonyl (C=O) groups is 2. The summed E-state index contributed by atoms with van der Waals surface area (Å²) in [7, 11) is 0. The summed E-state index contributed by atoms with van der Waals surface area (Å²) >= 11 is 0. The number of hydrogen-bond donors (Lipinski definition) is 2. The van der Waals surface area contributed by atoms with Crippen molar-refractivity contribution >= 4 is 12.1 Å². The van der Waals surface area contributed by atoms with Gasteiger partial charge in [0.15, 0.2) is 6.23 Å². The van der Waals surface area contributed by atoms with E-state index in [1.165, 1.54) is 0 Å². The molecule has 1 atom stereocenters. The summed E-state index contributed by atoms with van der Waals surface area (Å²) in [6.45, 7) is 3.75. The molecule has 1 amide bonds. The van der Waals surface area contributed by atoms with Crippen LogP contribution in [0.5, 0.6) is 0 Å². The molecule has 0 aliphatic heterocycles. The van der Waals surface area contributed by atoms with E-state index in [4.69, 9.17) is 9.84 Å². The molecule has 82 valence electrons.